The summed E-state index contributed by atoms with van der Waals surface area (Å²) in [5.41, 5.74) is 0. The molecule has 1 atom stereocenters. The minimum Gasteiger partial charge on any atom is -0.357 e. The predicted octanol–water partition coefficient (Wildman–Crippen LogP) is 2.75. The van der Waals surface area contributed by atoms with Crippen LogP contribution in [-0.2, 0) is 0 Å². The van der Waals surface area contributed by atoms with Crippen molar-refractivity contribution in [2.24, 2.45) is 4.99 Å². The summed E-state index contributed by atoms with van der Waals surface area (Å²) in [6.07, 6.45) is 2.43. The molecule has 1 unspecified atom stereocenters. The molecule has 0 radical (unpaired) electrons. The van der Waals surface area contributed by atoms with E-state index in [4.69, 9.17) is 4.99 Å². The fourth-order valence-electron chi connectivity index (χ4n) is 3.07. The predicted molar refractivity (Wildman–Crippen MR) is 119 cm³/mol. The van der Waals surface area contributed by atoms with Crippen LogP contribution in [0.5, 0.6) is 0 Å². The van der Waals surface area contributed by atoms with Gasteiger partial charge in [0.1, 0.15) is 0 Å². The van der Waals surface area contributed by atoms with Crippen molar-refractivity contribution in [3.05, 3.63) is 30.3 Å². The maximum absolute atomic E-state index is 4.76. The van der Waals surface area contributed by atoms with Crippen LogP contribution < -0.4 is 10.6 Å². The maximum Gasteiger partial charge on any atom is 0.191 e. The lowest BCUT2D eigenvalue weighted by Gasteiger charge is -2.32. The highest BCUT2D eigenvalue weighted by atomic mass is 32.2. The molecule has 0 bridgehead atoms. The van der Waals surface area contributed by atoms with Gasteiger partial charge in [-0.15, -0.1) is 11.8 Å². The number of hydrogen-bond donors (Lipinski definition) is 2. The first-order valence-corrected chi connectivity index (χ1v) is 11.2. The number of unbranched alkanes of at least 4 members (excludes halogenated alkanes) is 1. The number of benzene rings is 1. The Morgan fingerprint density at radius 3 is 2.56 bits per heavy atom. The first kappa shape index (κ1) is 22.1. The summed E-state index contributed by atoms with van der Waals surface area (Å²) in [6.45, 7) is 13.1. The number of hydrogen-bond acceptors (Lipinski definition) is 4. The topological polar surface area (TPSA) is 42.9 Å². The average molecular weight is 392 g/mol. The van der Waals surface area contributed by atoms with Crippen LogP contribution in [0.15, 0.2) is 40.2 Å². The zero-order valence-corrected chi connectivity index (χ0v) is 18.1. The van der Waals surface area contributed by atoms with E-state index in [0.717, 1.165) is 25.6 Å². The smallest absolute Gasteiger partial charge is 0.191 e. The Balaban J connectivity index is 1.62. The summed E-state index contributed by atoms with van der Waals surface area (Å²) < 4.78 is 0. The molecule has 1 aliphatic rings. The van der Waals surface area contributed by atoms with Gasteiger partial charge in [0, 0.05) is 49.4 Å². The van der Waals surface area contributed by atoms with Crippen molar-refractivity contribution in [3.8, 4) is 0 Å². The number of nitrogens with zero attached hydrogens (tertiary/aromatic N) is 3. The Morgan fingerprint density at radius 1 is 1.11 bits per heavy atom. The quantitative estimate of drug-likeness (QED) is 0.278. The molecule has 152 valence electrons. The van der Waals surface area contributed by atoms with E-state index >= 15 is 0 Å². The van der Waals surface area contributed by atoms with Gasteiger partial charge in [-0.3, -0.25) is 4.99 Å². The average Bonchev–Trinajstić information content (AvgIpc) is 2.68. The van der Waals surface area contributed by atoms with E-state index in [9.17, 15) is 0 Å². The summed E-state index contributed by atoms with van der Waals surface area (Å²) in [4.78, 5) is 11.1. The van der Waals surface area contributed by atoms with Crippen molar-refractivity contribution >= 4 is 17.7 Å². The summed E-state index contributed by atoms with van der Waals surface area (Å²) in [5, 5.41) is 7.31. The van der Waals surface area contributed by atoms with E-state index in [1.54, 1.807) is 0 Å². The molecule has 5 nitrogen and oxygen atoms in total. The van der Waals surface area contributed by atoms with Gasteiger partial charge in [-0.05, 0) is 45.5 Å². The Morgan fingerprint density at radius 2 is 1.85 bits per heavy atom. The van der Waals surface area contributed by atoms with Crippen molar-refractivity contribution in [3.63, 3.8) is 0 Å². The molecule has 1 aromatic carbocycles. The molecule has 1 aromatic rings. The number of guanidine groups is 1. The zero-order valence-electron chi connectivity index (χ0n) is 17.3. The van der Waals surface area contributed by atoms with Crippen molar-refractivity contribution in [1.82, 2.24) is 20.4 Å². The van der Waals surface area contributed by atoms with Crippen LogP contribution >= 0.6 is 11.8 Å². The number of piperazine rings is 1. The van der Waals surface area contributed by atoms with E-state index in [-0.39, 0.29) is 0 Å². The minimum atomic E-state index is 0.458. The Bertz CT molecular complexity index is 529. The van der Waals surface area contributed by atoms with Crippen molar-refractivity contribution in [2.75, 3.05) is 59.4 Å². The molecule has 0 saturated carbocycles. The second-order valence-corrected chi connectivity index (χ2v) is 8.75. The van der Waals surface area contributed by atoms with E-state index in [1.807, 2.05) is 11.8 Å². The van der Waals surface area contributed by atoms with Crippen molar-refractivity contribution < 1.29 is 0 Å². The molecule has 1 aliphatic heterocycles. The largest absolute Gasteiger partial charge is 0.357 e. The number of aliphatic imine (C=N–C) groups is 1. The zero-order chi connectivity index (χ0) is 19.3. The lowest BCUT2D eigenvalue weighted by molar-refractivity contribution is 0.152. The van der Waals surface area contributed by atoms with E-state index in [2.05, 4.69) is 71.7 Å². The molecule has 1 fully saturated rings. The molecule has 6 heteroatoms. The SMILES string of the molecule is CCNC(=NCC(C)Sc1ccccc1)NCCCCN1CCN(C)CC1. The van der Waals surface area contributed by atoms with Gasteiger partial charge in [-0.1, -0.05) is 25.1 Å². The Kier molecular flexibility index (Phi) is 10.6. The molecule has 0 spiro atoms. The van der Waals surface area contributed by atoms with E-state index in [1.165, 1.54) is 50.5 Å². The highest BCUT2D eigenvalue weighted by molar-refractivity contribution is 8.00. The highest BCUT2D eigenvalue weighted by Crippen LogP contribution is 2.22. The van der Waals surface area contributed by atoms with Gasteiger partial charge < -0.3 is 20.4 Å². The number of rotatable bonds is 10. The summed E-state index contributed by atoms with van der Waals surface area (Å²) >= 11 is 1.88. The van der Waals surface area contributed by atoms with E-state index < -0.39 is 0 Å². The standard InChI is InChI=1S/C21H37N5S/c1-4-22-21(24-18-19(2)27-20-10-6-5-7-11-20)23-12-8-9-13-26-16-14-25(3)15-17-26/h5-7,10-11,19H,4,8-9,12-18H2,1-3H3,(H2,22,23,24). The molecular formula is C21H37N5S. The van der Waals surface area contributed by atoms with Crippen molar-refractivity contribution in [2.45, 2.75) is 36.8 Å². The fourth-order valence-corrected chi connectivity index (χ4v) is 4.00. The molecular weight excluding hydrogens is 354 g/mol. The van der Waals surface area contributed by atoms with Crippen LogP contribution in [0.2, 0.25) is 0 Å². The third kappa shape index (κ3) is 9.49. The van der Waals surface area contributed by atoms with Gasteiger partial charge in [0.25, 0.3) is 0 Å². The molecule has 0 aromatic heterocycles. The highest BCUT2D eigenvalue weighted by Gasteiger charge is 2.12. The van der Waals surface area contributed by atoms with Crippen LogP contribution in [0, 0.1) is 0 Å². The van der Waals surface area contributed by atoms with Crippen LogP contribution in [0.4, 0.5) is 0 Å². The van der Waals surface area contributed by atoms with Crippen LogP contribution in [0.25, 0.3) is 0 Å². The maximum atomic E-state index is 4.76. The monoisotopic (exact) mass is 391 g/mol. The van der Waals surface area contributed by atoms with Gasteiger partial charge in [-0.2, -0.15) is 0 Å². The number of thioether (sulfide) groups is 1. The molecule has 27 heavy (non-hydrogen) atoms. The fraction of sp³-hybridized carbons (Fsp3) is 0.667. The van der Waals surface area contributed by atoms with Gasteiger partial charge >= 0.3 is 0 Å². The van der Waals surface area contributed by atoms with Gasteiger partial charge in [-0.25, -0.2) is 0 Å². The van der Waals surface area contributed by atoms with Crippen LogP contribution in [-0.4, -0.2) is 80.4 Å². The summed E-state index contributed by atoms with van der Waals surface area (Å²) in [7, 11) is 2.21. The molecule has 1 saturated heterocycles. The molecule has 2 rings (SSSR count). The second kappa shape index (κ2) is 13.0. The van der Waals surface area contributed by atoms with Crippen molar-refractivity contribution in [1.29, 1.82) is 0 Å². The minimum absolute atomic E-state index is 0.458. The van der Waals surface area contributed by atoms with Crippen LogP contribution in [0.1, 0.15) is 26.7 Å². The van der Waals surface area contributed by atoms with Gasteiger partial charge in [0.15, 0.2) is 5.96 Å². The Hall–Kier alpha value is -1.24. The first-order chi connectivity index (χ1) is 13.2. The van der Waals surface area contributed by atoms with E-state index in [0.29, 0.717) is 5.25 Å². The molecule has 1 heterocycles. The summed E-state index contributed by atoms with van der Waals surface area (Å²) in [5.74, 6) is 0.942. The normalized spacial score (nSPS) is 17.7. The lowest BCUT2D eigenvalue weighted by atomic mass is 10.2. The van der Waals surface area contributed by atoms with Gasteiger partial charge in [0.2, 0.25) is 0 Å². The molecule has 0 amide bonds. The first-order valence-electron chi connectivity index (χ1n) is 10.3. The number of likely N-dealkylation sites (N-methyl/N-ethyl adjacent to an activating group) is 1. The van der Waals surface area contributed by atoms with Gasteiger partial charge in [0.05, 0.1) is 6.54 Å². The Labute approximate surface area is 170 Å². The third-order valence-electron chi connectivity index (χ3n) is 4.72. The summed E-state index contributed by atoms with van der Waals surface area (Å²) in [6, 6.07) is 10.6. The lowest BCUT2D eigenvalue weighted by Crippen LogP contribution is -2.44. The third-order valence-corrected chi connectivity index (χ3v) is 5.82. The van der Waals surface area contributed by atoms with Crippen LogP contribution in [0.3, 0.4) is 0 Å². The number of nitrogens with one attached hydrogen (secondary N) is 2. The molecule has 0 aliphatic carbocycles. The second-order valence-electron chi connectivity index (χ2n) is 7.24. The molecule has 2 N–H and O–H groups in total.